The molecule has 0 bridgehead atoms. The summed E-state index contributed by atoms with van der Waals surface area (Å²) in [6.07, 6.45) is -0.845. The molecule has 0 aliphatic heterocycles. The summed E-state index contributed by atoms with van der Waals surface area (Å²) in [7, 11) is 1.32. The molecule has 2 aromatic carbocycles. The second kappa shape index (κ2) is 8.48. The molecule has 132 valence electrons. The zero-order valence-corrected chi connectivity index (χ0v) is 15.1. The van der Waals surface area contributed by atoms with E-state index in [2.05, 4.69) is 26.8 Å². The molecule has 25 heavy (non-hydrogen) atoms. The number of hydrogen-bond acceptors (Lipinski definition) is 4. The number of methoxy groups -OCH3 is 1. The molecule has 0 aromatic heterocycles. The first-order chi connectivity index (χ1) is 11.9. The third kappa shape index (κ3) is 5.18. The van der Waals surface area contributed by atoms with E-state index in [1.165, 1.54) is 26.2 Å². The maximum Gasteiger partial charge on any atom is 0.279 e. The zero-order valence-electron chi connectivity index (χ0n) is 13.5. The number of halogens is 2. The largest absolute Gasteiger partial charge is 0.494 e. The Balaban J connectivity index is 1.90. The van der Waals surface area contributed by atoms with Crippen LogP contribution in [0, 0.1) is 5.82 Å². The Labute approximate surface area is 152 Å². The lowest BCUT2D eigenvalue weighted by atomic mass is 10.2. The van der Waals surface area contributed by atoms with Gasteiger partial charge in [0.15, 0.2) is 17.7 Å². The Morgan fingerprint density at radius 2 is 1.92 bits per heavy atom. The Morgan fingerprint density at radius 1 is 1.16 bits per heavy atom. The lowest BCUT2D eigenvalue weighted by Crippen LogP contribution is -2.47. The number of hydrazine groups is 1. The quantitative estimate of drug-likeness (QED) is 0.743. The second-order valence-electron chi connectivity index (χ2n) is 5.01. The molecule has 0 radical (unpaired) electrons. The standard InChI is InChI=1S/C17H16BrFN2O4/c1-10(25-13-5-3-4-12(18)9-13)16(22)20-21-17(23)11-6-7-15(24-2)14(19)8-11/h3-10H,1-2H3,(H,20,22)(H,21,23)/t10-/m1/s1. The smallest absolute Gasteiger partial charge is 0.279 e. The van der Waals surface area contributed by atoms with Gasteiger partial charge in [-0.3, -0.25) is 20.4 Å². The molecule has 2 N–H and O–H groups in total. The first-order valence-corrected chi connectivity index (χ1v) is 8.06. The summed E-state index contributed by atoms with van der Waals surface area (Å²) in [6.45, 7) is 1.54. The Hall–Kier alpha value is -2.61. The average Bonchev–Trinajstić information content (AvgIpc) is 2.59. The maximum atomic E-state index is 13.6. The van der Waals surface area contributed by atoms with E-state index in [1.54, 1.807) is 18.2 Å². The molecule has 2 aromatic rings. The molecule has 6 nitrogen and oxygen atoms in total. The molecule has 8 heteroatoms. The molecular formula is C17H16BrFN2O4. The van der Waals surface area contributed by atoms with Crippen LogP contribution in [0.15, 0.2) is 46.9 Å². The van der Waals surface area contributed by atoms with Gasteiger partial charge in [-0.25, -0.2) is 4.39 Å². The maximum absolute atomic E-state index is 13.6. The fraction of sp³-hybridized carbons (Fsp3) is 0.176. The van der Waals surface area contributed by atoms with Crippen molar-refractivity contribution in [3.05, 3.63) is 58.3 Å². The van der Waals surface area contributed by atoms with Crippen LogP contribution in [-0.4, -0.2) is 25.0 Å². The van der Waals surface area contributed by atoms with Crippen LogP contribution in [0.1, 0.15) is 17.3 Å². The summed E-state index contributed by atoms with van der Waals surface area (Å²) >= 11 is 3.30. The molecule has 2 rings (SSSR count). The number of ether oxygens (including phenoxy) is 2. The van der Waals surface area contributed by atoms with Crippen molar-refractivity contribution in [2.45, 2.75) is 13.0 Å². The second-order valence-corrected chi connectivity index (χ2v) is 5.93. The summed E-state index contributed by atoms with van der Waals surface area (Å²) in [4.78, 5) is 23.9. The van der Waals surface area contributed by atoms with Crippen LogP contribution in [0.2, 0.25) is 0 Å². The Kier molecular flexibility index (Phi) is 6.35. The third-order valence-electron chi connectivity index (χ3n) is 3.19. The van der Waals surface area contributed by atoms with Crippen LogP contribution in [0.4, 0.5) is 4.39 Å². The highest BCUT2D eigenvalue weighted by Crippen LogP contribution is 2.19. The van der Waals surface area contributed by atoms with E-state index in [4.69, 9.17) is 9.47 Å². The predicted molar refractivity (Wildman–Crippen MR) is 92.8 cm³/mol. The fourth-order valence-electron chi connectivity index (χ4n) is 1.90. The summed E-state index contributed by atoms with van der Waals surface area (Å²) in [5.41, 5.74) is 4.48. The van der Waals surface area contributed by atoms with Crippen LogP contribution >= 0.6 is 15.9 Å². The average molecular weight is 411 g/mol. The summed E-state index contributed by atoms with van der Waals surface area (Å²) < 4.78 is 24.7. The summed E-state index contributed by atoms with van der Waals surface area (Å²) in [5, 5.41) is 0. The minimum atomic E-state index is -0.845. The van der Waals surface area contributed by atoms with Gasteiger partial charge in [0.1, 0.15) is 5.75 Å². The molecule has 2 amide bonds. The monoisotopic (exact) mass is 410 g/mol. The van der Waals surface area contributed by atoms with E-state index in [0.717, 1.165) is 10.5 Å². The number of nitrogens with one attached hydrogen (secondary N) is 2. The van der Waals surface area contributed by atoms with Crippen LogP contribution < -0.4 is 20.3 Å². The molecule has 0 fully saturated rings. The predicted octanol–water partition coefficient (Wildman–Crippen LogP) is 2.83. The van der Waals surface area contributed by atoms with Gasteiger partial charge in [-0.1, -0.05) is 22.0 Å². The lowest BCUT2D eigenvalue weighted by molar-refractivity contribution is -0.128. The Morgan fingerprint density at radius 3 is 2.56 bits per heavy atom. The third-order valence-corrected chi connectivity index (χ3v) is 3.68. The molecule has 0 heterocycles. The molecule has 0 aliphatic rings. The topological polar surface area (TPSA) is 76.7 Å². The van der Waals surface area contributed by atoms with Gasteiger partial charge in [0.2, 0.25) is 0 Å². The van der Waals surface area contributed by atoms with Crippen molar-refractivity contribution in [3.63, 3.8) is 0 Å². The Bertz CT molecular complexity index is 785. The molecule has 0 spiro atoms. The number of rotatable bonds is 5. The van der Waals surface area contributed by atoms with Crippen molar-refractivity contribution >= 4 is 27.7 Å². The molecule has 0 saturated heterocycles. The van der Waals surface area contributed by atoms with Crippen molar-refractivity contribution in [1.82, 2.24) is 10.9 Å². The normalized spacial score (nSPS) is 11.4. The zero-order chi connectivity index (χ0) is 18.4. The fourth-order valence-corrected chi connectivity index (χ4v) is 2.28. The number of benzene rings is 2. The van der Waals surface area contributed by atoms with Gasteiger partial charge < -0.3 is 9.47 Å². The van der Waals surface area contributed by atoms with Crippen LogP contribution in [-0.2, 0) is 4.79 Å². The summed E-state index contributed by atoms with van der Waals surface area (Å²) in [5.74, 6) is -1.36. The van der Waals surface area contributed by atoms with Gasteiger partial charge in [0.25, 0.3) is 11.8 Å². The molecule has 0 unspecified atom stereocenters. The number of carbonyl (C=O) groups excluding carboxylic acids is 2. The molecular weight excluding hydrogens is 395 g/mol. The van der Waals surface area contributed by atoms with E-state index in [1.807, 2.05) is 6.07 Å². The van der Waals surface area contributed by atoms with Gasteiger partial charge >= 0.3 is 0 Å². The summed E-state index contributed by atoms with van der Waals surface area (Å²) in [6, 6.07) is 10.7. The van der Waals surface area contributed by atoms with E-state index in [0.29, 0.717) is 5.75 Å². The van der Waals surface area contributed by atoms with Crippen LogP contribution in [0.25, 0.3) is 0 Å². The minimum Gasteiger partial charge on any atom is -0.494 e. The number of hydrogen-bond donors (Lipinski definition) is 2. The highest BCUT2D eigenvalue weighted by Gasteiger charge is 2.16. The minimum absolute atomic E-state index is 0.0247. The van der Waals surface area contributed by atoms with Crippen molar-refractivity contribution in [2.24, 2.45) is 0 Å². The highest BCUT2D eigenvalue weighted by molar-refractivity contribution is 9.10. The number of amides is 2. The van der Waals surface area contributed by atoms with Crippen LogP contribution in [0.5, 0.6) is 11.5 Å². The molecule has 0 aliphatic carbocycles. The van der Waals surface area contributed by atoms with E-state index in [-0.39, 0.29) is 11.3 Å². The van der Waals surface area contributed by atoms with Gasteiger partial charge in [0.05, 0.1) is 7.11 Å². The van der Waals surface area contributed by atoms with E-state index in [9.17, 15) is 14.0 Å². The van der Waals surface area contributed by atoms with Gasteiger partial charge in [0, 0.05) is 10.0 Å². The lowest BCUT2D eigenvalue weighted by Gasteiger charge is -2.15. The van der Waals surface area contributed by atoms with Crippen molar-refractivity contribution in [3.8, 4) is 11.5 Å². The highest BCUT2D eigenvalue weighted by atomic mass is 79.9. The van der Waals surface area contributed by atoms with Crippen LogP contribution in [0.3, 0.4) is 0 Å². The van der Waals surface area contributed by atoms with E-state index < -0.39 is 23.7 Å². The van der Waals surface area contributed by atoms with Crippen molar-refractivity contribution in [2.75, 3.05) is 7.11 Å². The van der Waals surface area contributed by atoms with Gasteiger partial charge in [-0.05, 0) is 43.3 Å². The SMILES string of the molecule is COc1ccc(C(=O)NNC(=O)[C@@H](C)Oc2cccc(Br)c2)cc1F. The first-order valence-electron chi connectivity index (χ1n) is 7.26. The van der Waals surface area contributed by atoms with E-state index >= 15 is 0 Å². The van der Waals surface area contributed by atoms with Gasteiger partial charge in [-0.15, -0.1) is 0 Å². The first kappa shape index (κ1) is 18.7. The number of carbonyl (C=O) groups is 2. The van der Waals surface area contributed by atoms with Crippen molar-refractivity contribution < 1.29 is 23.5 Å². The molecule has 1 atom stereocenters. The van der Waals surface area contributed by atoms with Gasteiger partial charge in [-0.2, -0.15) is 0 Å². The molecule has 0 saturated carbocycles. The van der Waals surface area contributed by atoms with Crippen molar-refractivity contribution in [1.29, 1.82) is 0 Å².